The second kappa shape index (κ2) is 7.24. The Bertz CT molecular complexity index is 876. The van der Waals surface area contributed by atoms with Gasteiger partial charge in [0, 0.05) is 18.7 Å². The number of carbonyl (C=O) groups excluding carboxylic acids is 2. The predicted octanol–water partition coefficient (Wildman–Crippen LogP) is 2.97. The summed E-state index contributed by atoms with van der Waals surface area (Å²) >= 11 is 5.87. The third-order valence-corrected chi connectivity index (χ3v) is 4.07. The minimum atomic E-state index is -0.261. The Morgan fingerprint density at radius 1 is 1.32 bits per heavy atom. The summed E-state index contributed by atoms with van der Waals surface area (Å²) in [6.45, 7) is 0.199. The summed E-state index contributed by atoms with van der Waals surface area (Å²) in [4.78, 5) is 25.8. The monoisotopic (exact) mass is 355 g/mol. The van der Waals surface area contributed by atoms with Gasteiger partial charge < -0.3 is 15.0 Å². The molecule has 1 heterocycles. The maximum absolute atomic E-state index is 12.2. The molecule has 0 aromatic heterocycles. The zero-order valence-electron chi connectivity index (χ0n) is 13.2. The smallest absolute Gasteiger partial charge is 0.265 e. The van der Waals surface area contributed by atoms with E-state index in [1.165, 1.54) is 6.07 Å². The van der Waals surface area contributed by atoms with Gasteiger partial charge in [-0.05, 0) is 30.3 Å². The van der Waals surface area contributed by atoms with Crippen molar-refractivity contribution in [1.82, 2.24) is 0 Å². The first-order chi connectivity index (χ1) is 12.1. The lowest BCUT2D eigenvalue weighted by atomic mass is 10.2. The maximum Gasteiger partial charge on any atom is 0.265 e. The molecule has 126 valence electrons. The van der Waals surface area contributed by atoms with Crippen molar-refractivity contribution in [3.63, 3.8) is 0 Å². The summed E-state index contributed by atoms with van der Waals surface area (Å²) in [5.74, 6) is 0.173. The second-order valence-corrected chi connectivity index (χ2v) is 5.81. The Kier molecular flexibility index (Phi) is 4.87. The molecule has 0 aliphatic carbocycles. The molecule has 2 amide bonds. The number of hydrogen-bond acceptors (Lipinski definition) is 4. The van der Waals surface area contributed by atoms with E-state index in [0.717, 1.165) is 0 Å². The molecule has 0 atom stereocenters. The molecule has 2 aromatic carbocycles. The quantitative estimate of drug-likeness (QED) is 0.914. The van der Waals surface area contributed by atoms with Crippen LogP contribution in [0.4, 0.5) is 11.4 Å². The number of halogens is 1. The molecule has 0 radical (unpaired) electrons. The lowest BCUT2D eigenvalue weighted by Gasteiger charge is -2.29. The van der Waals surface area contributed by atoms with Gasteiger partial charge in [-0.1, -0.05) is 23.7 Å². The summed E-state index contributed by atoms with van der Waals surface area (Å²) < 4.78 is 5.37. The molecule has 0 saturated carbocycles. The first kappa shape index (κ1) is 16.8. The number of benzene rings is 2. The molecule has 0 bridgehead atoms. The minimum absolute atomic E-state index is 0.0403. The Hall–Kier alpha value is -3.04. The molecule has 0 unspecified atom stereocenters. The van der Waals surface area contributed by atoms with Crippen LogP contribution in [-0.4, -0.2) is 25.0 Å². The fraction of sp³-hybridized carbons (Fsp3) is 0.167. The van der Waals surface area contributed by atoms with E-state index in [-0.39, 0.29) is 37.0 Å². The van der Waals surface area contributed by atoms with Gasteiger partial charge in [0.1, 0.15) is 11.8 Å². The predicted molar refractivity (Wildman–Crippen MR) is 93.7 cm³/mol. The van der Waals surface area contributed by atoms with Crippen molar-refractivity contribution in [3.05, 3.63) is 53.1 Å². The Morgan fingerprint density at radius 3 is 2.92 bits per heavy atom. The number of ether oxygens (including phenoxy) is 1. The van der Waals surface area contributed by atoms with E-state index >= 15 is 0 Å². The van der Waals surface area contributed by atoms with Crippen LogP contribution in [0.15, 0.2) is 42.5 Å². The SMILES string of the molecule is N#Cc1cc(NC(=O)CCN2C(=O)COc3ccccc32)ccc1Cl. The number of fused-ring (bicyclic) bond motifs is 1. The topological polar surface area (TPSA) is 82.4 Å². The van der Waals surface area contributed by atoms with Crippen LogP contribution in [-0.2, 0) is 9.59 Å². The van der Waals surface area contributed by atoms with E-state index in [4.69, 9.17) is 21.6 Å². The van der Waals surface area contributed by atoms with Gasteiger partial charge in [-0.2, -0.15) is 5.26 Å². The van der Waals surface area contributed by atoms with Crippen LogP contribution in [0.25, 0.3) is 0 Å². The number of hydrogen-bond donors (Lipinski definition) is 1. The molecular formula is C18H14ClN3O3. The average Bonchev–Trinajstić information content (AvgIpc) is 2.62. The highest BCUT2D eigenvalue weighted by Gasteiger charge is 2.25. The fourth-order valence-electron chi connectivity index (χ4n) is 2.52. The third-order valence-electron chi connectivity index (χ3n) is 3.74. The fourth-order valence-corrected chi connectivity index (χ4v) is 2.68. The van der Waals surface area contributed by atoms with E-state index < -0.39 is 0 Å². The van der Waals surface area contributed by atoms with E-state index in [9.17, 15) is 9.59 Å². The van der Waals surface area contributed by atoms with Crippen molar-refractivity contribution in [3.8, 4) is 11.8 Å². The van der Waals surface area contributed by atoms with Crippen molar-refractivity contribution in [2.45, 2.75) is 6.42 Å². The van der Waals surface area contributed by atoms with E-state index in [1.807, 2.05) is 18.2 Å². The summed E-state index contributed by atoms with van der Waals surface area (Å²) in [5.41, 5.74) is 1.43. The zero-order chi connectivity index (χ0) is 17.8. The van der Waals surface area contributed by atoms with Gasteiger partial charge in [-0.3, -0.25) is 9.59 Å². The highest BCUT2D eigenvalue weighted by Crippen LogP contribution is 2.31. The number of nitrogens with zero attached hydrogens (tertiary/aromatic N) is 2. The number of amides is 2. The Balaban J connectivity index is 1.65. The highest BCUT2D eigenvalue weighted by molar-refractivity contribution is 6.31. The lowest BCUT2D eigenvalue weighted by molar-refractivity contribution is -0.121. The summed E-state index contributed by atoms with van der Waals surface area (Å²) in [6, 6.07) is 13.8. The minimum Gasteiger partial charge on any atom is -0.482 e. The Morgan fingerprint density at radius 2 is 2.12 bits per heavy atom. The van der Waals surface area contributed by atoms with Gasteiger partial charge in [-0.15, -0.1) is 0 Å². The van der Waals surface area contributed by atoms with Crippen molar-refractivity contribution in [2.24, 2.45) is 0 Å². The standard InChI is InChI=1S/C18H14ClN3O3/c19-14-6-5-13(9-12(14)10-20)21-17(23)7-8-22-15-3-1-2-4-16(15)25-11-18(22)24/h1-6,9H,7-8,11H2,(H,21,23). The zero-order valence-corrected chi connectivity index (χ0v) is 13.9. The van der Waals surface area contributed by atoms with Crippen molar-refractivity contribution >= 4 is 34.8 Å². The van der Waals surface area contributed by atoms with E-state index in [2.05, 4.69) is 5.32 Å². The normalized spacial score (nSPS) is 12.8. The van der Waals surface area contributed by atoms with Gasteiger partial charge in [0.05, 0.1) is 16.3 Å². The van der Waals surface area contributed by atoms with Crippen LogP contribution >= 0.6 is 11.6 Å². The molecular weight excluding hydrogens is 342 g/mol. The first-order valence-corrected chi connectivity index (χ1v) is 7.98. The highest BCUT2D eigenvalue weighted by atomic mass is 35.5. The third kappa shape index (κ3) is 3.73. The number of para-hydroxylation sites is 2. The van der Waals surface area contributed by atoms with Gasteiger partial charge >= 0.3 is 0 Å². The number of nitriles is 1. The van der Waals surface area contributed by atoms with Crippen LogP contribution in [0.1, 0.15) is 12.0 Å². The molecule has 25 heavy (non-hydrogen) atoms. The second-order valence-electron chi connectivity index (χ2n) is 5.41. The van der Waals surface area contributed by atoms with Crippen molar-refractivity contribution in [1.29, 1.82) is 5.26 Å². The number of carbonyl (C=O) groups is 2. The molecule has 0 saturated heterocycles. The van der Waals surface area contributed by atoms with Gasteiger partial charge in [0.15, 0.2) is 6.61 Å². The summed E-state index contributed by atoms with van der Waals surface area (Å²) in [7, 11) is 0. The van der Waals surface area contributed by atoms with E-state index in [1.54, 1.807) is 29.2 Å². The summed E-state index contributed by atoms with van der Waals surface area (Å²) in [5, 5.41) is 12.0. The average molecular weight is 356 g/mol. The number of rotatable bonds is 4. The Labute approximate surface area is 149 Å². The lowest BCUT2D eigenvalue weighted by Crippen LogP contribution is -2.40. The van der Waals surface area contributed by atoms with Crippen LogP contribution in [0.3, 0.4) is 0 Å². The molecule has 6 nitrogen and oxygen atoms in total. The van der Waals surface area contributed by atoms with Crippen LogP contribution in [0.2, 0.25) is 5.02 Å². The van der Waals surface area contributed by atoms with E-state index in [0.29, 0.717) is 22.1 Å². The van der Waals surface area contributed by atoms with Gasteiger partial charge in [0.25, 0.3) is 5.91 Å². The first-order valence-electron chi connectivity index (χ1n) is 7.60. The molecule has 2 aromatic rings. The molecule has 3 rings (SSSR count). The van der Waals surface area contributed by atoms with Crippen LogP contribution in [0.5, 0.6) is 5.75 Å². The van der Waals surface area contributed by atoms with Gasteiger partial charge in [-0.25, -0.2) is 0 Å². The molecule has 0 fully saturated rings. The van der Waals surface area contributed by atoms with Crippen LogP contribution in [0, 0.1) is 11.3 Å². The van der Waals surface area contributed by atoms with Crippen molar-refractivity contribution in [2.75, 3.05) is 23.4 Å². The molecule has 0 spiro atoms. The molecule has 7 heteroatoms. The molecule has 1 aliphatic heterocycles. The molecule has 1 aliphatic rings. The maximum atomic E-state index is 12.2. The van der Waals surface area contributed by atoms with Crippen molar-refractivity contribution < 1.29 is 14.3 Å². The molecule has 1 N–H and O–H groups in total. The van der Waals surface area contributed by atoms with Crippen LogP contribution < -0.4 is 15.0 Å². The van der Waals surface area contributed by atoms with Gasteiger partial charge in [0.2, 0.25) is 5.91 Å². The summed E-state index contributed by atoms with van der Waals surface area (Å²) in [6.07, 6.45) is 0.116. The largest absolute Gasteiger partial charge is 0.482 e. The number of anilines is 2. The number of nitrogens with one attached hydrogen (secondary N) is 1.